The molecule has 1 aliphatic rings. The number of hydrogen-bond acceptors (Lipinski definition) is 2. The van der Waals surface area contributed by atoms with Crippen LogP contribution < -0.4 is 5.32 Å². The summed E-state index contributed by atoms with van der Waals surface area (Å²) in [6.45, 7) is 9.49. The van der Waals surface area contributed by atoms with E-state index in [2.05, 4.69) is 18.5 Å². The summed E-state index contributed by atoms with van der Waals surface area (Å²) < 4.78 is 4.88. The van der Waals surface area contributed by atoms with Crippen molar-refractivity contribution in [2.75, 3.05) is 26.7 Å². The van der Waals surface area contributed by atoms with Crippen molar-refractivity contribution < 1.29 is 9.53 Å². The molecule has 4 nitrogen and oxygen atoms in total. The normalized spacial score (nSPS) is 15.5. The van der Waals surface area contributed by atoms with Crippen LogP contribution in [0.5, 0.6) is 0 Å². The van der Waals surface area contributed by atoms with Crippen LogP contribution in [0.2, 0.25) is 0 Å². The summed E-state index contributed by atoms with van der Waals surface area (Å²) in [5.74, 6) is 0.571. The third kappa shape index (κ3) is 3.50. The van der Waals surface area contributed by atoms with E-state index in [1.807, 2.05) is 0 Å². The third-order valence-corrected chi connectivity index (χ3v) is 2.11. The molecule has 0 atom stereocenters. The fourth-order valence-corrected chi connectivity index (χ4v) is 1.24. The molecule has 0 saturated carbocycles. The maximum Gasteiger partial charge on any atom is 0.317 e. The summed E-state index contributed by atoms with van der Waals surface area (Å²) in [7, 11) is 1.56. The van der Waals surface area contributed by atoms with Gasteiger partial charge in [0.25, 0.3) is 0 Å². The minimum atomic E-state index is -0.0323. The van der Waals surface area contributed by atoms with Crippen molar-refractivity contribution in [1.82, 2.24) is 10.2 Å². The van der Waals surface area contributed by atoms with E-state index in [0.717, 1.165) is 12.1 Å². The van der Waals surface area contributed by atoms with Gasteiger partial charge in [-0.1, -0.05) is 19.2 Å². The number of nitrogens with zero attached hydrogens (tertiary/aromatic N) is 1. The molecule has 1 N–H and O–H groups in total. The van der Waals surface area contributed by atoms with E-state index in [1.165, 1.54) is 0 Å². The van der Waals surface area contributed by atoms with Gasteiger partial charge in [0.1, 0.15) is 5.76 Å². The lowest BCUT2D eigenvalue weighted by molar-refractivity contribution is 0.221. The summed E-state index contributed by atoms with van der Waals surface area (Å²) in [5, 5.41) is 2.73. The first-order valence-electron chi connectivity index (χ1n) is 4.75. The number of ether oxygens (including phenoxy) is 1. The summed E-state index contributed by atoms with van der Waals surface area (Å²) in [5.41, 5.74) is 0.852. The fraction of sp³-hybridized carbons (Fsp3) is 0.364. The van der Waals surface area contributed by atoms with Crippen molar-refractivity contribution in [3.8, 4) is 0 Å². The van der Waals surface area contributed by atoms with Gasteiger partial charge >= 0.3 is 6.03 Å². The Kier molecular flexibility index (Phi) is 3.97. The Hall–Kier alpha value is -1.71. The lowest BCUT2D eigenvalue weighted by atomic mass is 10.2. The van der Waals surface area contributed by atoms with Gasteiger partial charge in [0.2, 0.25) is 0 Å². The number of carbonyl (C=O) groups is 1. The molecule has 0 aliphatic carbocycles. The highest BCUT2D eigenvalue weighted by atomic mass is 16.5. The van der Waals surface area contributed by atoms with Crippen LogP contribution in [0.4, 0.5) is 4.79 Å². The van der Waals surface area contributed by atoms with Gasteiger partial charge in [-0.2, -0.15) is 0 Å². The van der Waals surface area contributed by atoms with Crippen molar-refractivity contribution in [2.24, 2.45) is 0 Å². The fourth-order valence-electron chi connectivity index (χ4n) is 1.24. The number of hydrogen-bond donors (Lipinski definition) is 1. The Morgan fingerprint density at radius 2 is 2.33 bits per heavy atom. The van der Waals surface area contributed by atoms with E-state index < -0.39 is 0 Å². The first-order valence-corrected chi connectivity index (χ1v) is 4.75. The third-order valence-electron chi connectivity index (χ3n) is 2.11. The first kappa shape index (κ1) is 11.4. The monoisotopic (exact) mass is 208 g/mol. The summed E-state index contributed by atoms with van der Waals surface area (Å²) >= 11 is 0. The van der Waals surface area contributed by atoms with E-state index in [0.29, 0.717) is 18.8 Å². The Balaban J connectivity index is 2.39. The molecular formula is C11H16N2O2. The van der Waals surface area contributed by atoms with E-state index in [9.17, 15) is 4.79 Å². The quantitative estimate of drug-likeness (QED) is 0.546. The molecule has 0 unspecified atom stereocenters. The van der Waals surface area contributed by atoms with Crippen LogP contribution in [0.1, 0.15) is 0 Å². The van der Waals surface area contributed by atoms with E-state index in [1.54, 1.807) is 24.2 Å². The van der Waals surface area contributed by atoms with E-state index >= 15 is 0 Å². The first-order chi connectivity index (χ1) is 7.13. The number of urea groups is 1. The van der Waals surface area contributed by atoms with E-state index in [4.69, 9.17) is 4.74 Å². The molecule has 0 aromatic heterocycles. The smallest absolute Gasteiger partial charge is 0.317 e. The highest BCUT2D eigenvalue weighted by Gasteiger charge is 2.18. The molecule has 1 rings (SSSR count). The lowest BCUT2D eigenvalue weighted by Gasteiger charge is -2.13. The van der Waals surface area contributed by atoms with Crippen molar-refractivity contribution in [2.45, 2.75) is 0 Å². The molecule has 0 radical (unpaired) electrons. The molecule has 2 amide bonds. The van der Waals surface area contributed by atoms with Gasteiger partial charge in [-0.15, -0.1) is 0 Å². The second-order valence-electron chi connectivity index (χ2n) is 3.32. The van der Waals surface area contributed by atoms with Gasteiger partial charge < -0.3 is 15.0 Å². The van der Waals surface area contributed by atoms with Gasteiger partial charge in [0.05, 0.1) is 7.11 Å². The maximum atomic E-state index is 11.2. The molecule has 1 saturated heterocycles. The lowest BCUT2D eigenvalue weighted by Crippen LogP contribution is -2.29. The maximum absolute atomic E-state index is 11.2. The average Bonchev–Trinajstić information content (AvgIpc) is 2.61. The van der Waals surface area contributed by atoms with Crippen molar-refractivity contribution >= 4 is 6.03 Å². The summed E-state index contributed by atoms with van der Waals surface area (Å²) in [4.78, 5) is 12.9. The minimum absolute atomic E-state index is 0.0323. The van der Waals surface area contributed by atoms with Crippen LogP contribution >= 0.6 is 0 Å². The number of allylic oxidation sites excluding steroid dienone is 1. The van der Waals surface area contributed by atoms with Gasteiger partial charge in [-0.3, -0.25) is 0 Å². The van der Waals surface area contributed by atoms with Crippen molar-refractivity contribution in [3.63, 3.8) is 0 Å². The summed E-state index contributed by atoms with van der Waals surface area (Å²) in [6, 6.07) is -0.0323. The number of nitrogens with one attached hydrogen (secondary N) is 1. The Labute approximate surface area is 89.9 Å². The van der Waals surface area contributed by atoms with Crippen LogP contribution in [-0.2, 0) is 4.74 Å². The molecule has 4 heteroatoms. The molecule has 15 heavy (non-hydrogen) atoms. The van der Waals surface area contributed by atoms with E-state index in [-0.39, 0.29) is 6.03 Å². The van der Waals surface area contributed by atoms with Crippen LogP contribution in [0.25, 0.3) is 0 Å². The van der Waals surface area contributed by atoms with Crippen LogP contribution in [0.15, 0.2) is 36.6 Å². The second-order valence-corrected chi connectivity index (χ2v) is 3.32. The van der Waals surface area contributed by atoms with Gasteiger partial charge in [0, 0.05) is 19.6 Å². The molecule has 0 aromatic carbocycles. The Bertz CT molecular complexity index is 308. The predicted octanol–water partition coefficient (Wildman–Crippen LogP) is 1.28. The topological polar surface area (TPSA) is 41.6 Å². The number of methoxy groups -OCH3 is 1. The average molecular weight is 208 g/mol. The molecule has 1 heterocycles. The Morgan fingerprint density at radius 1 is 1.60 bits per heavy atom. The molecule has 0 aromatic rings. The molecule has 82 valence electrons. The van der Waals surface area contributed by atoms with Crippen molar-refractivity contribution in [3.05, 3.63) is 36.6 Å². The van der Waals surface area contributed by atoms with Gasteiger partial charge in [0.15, 0.2) is 0 Å². The van der Waals surface area contributed by atoms with Gasteiger partial charge in [-0.25, -0.2) is 4.79 Å². The zero-order valence-electron chi connectivity index (χ0n) is 8.95. The number of carbonyl (C=O) groups excluding carboxylic acids is 1. The van der Waals surface area contributed by atoms with Crippen molar-refractivity contribution in [1.29, 1.82) is 0 Å². The highest BCUT2D eigenvalue weighted by Crippen LogP contribution is 2.04. The summed E-state index contributed by atoms with van der Waals surface area (Å²) in [6.07, 6.45) is 3.54. The number of rotatable bonds is 5. The van der Waals surface area contributed by atoms with Crippen LogP contribution in [0, 0.1) is 0 Å². The largest absolute Gasteiger partial charge is 0.497 e. The highest BCUT2D eigenvalue weighted by molar-refractivity contribution is 5.76. The zero-order chi connectivity index (χ0) is 11.3. The standard InChI is InChI=1S/C11H16N2O2/c1-9(4-5-10(2)15-3)8-13-7-6-12-11(13)14/h4-5H,1-2,6-8H2,3H3,(H,12,14)/b5-4-. The molecule has 0 bridgehead atoms. The predicted molar refractivity (Wildman–Crippen MR) is 59.4 cm³/mol. The molecule has 0 spiro atoms. The Morgan fingerprint density at radius 3 is 2.87 bits per heavy atom. The van der Waals surface area contributed by atoms with Crippen LogP contribution in [0.3, 0.4) is 0 Å². The number of amides is 2. The second kappa shape index (κ2) is 5.24. The van der Waals surface area contributed by atoms with Gasteiger partial charge in [-0.05, 0) is 11.6 Å². The molecule has 1 aliphatic heterocycles. The molecular weight excluding hydrogens is 192 g/mol. The van der Waals surface area contributed by atoms with Crippen LogP contribution in [-0.4, -0.2) is 37.7 Å². The SMILES string of the molecule is C=C(/C=C\C(=C)OC)CN1CCNC1=O. The zero-order valence-corrected chi connectivity index (χ0v) is 8.95. The minimum Gasteiger partial charge on any atom is -0.497 e. The molecule has 1 fully saturated rings.